The number of carbonyl (C=O) groups is 3. The second kappa shape index (κ2) is 5.34. The monoisotopic (exact) mass is 258 g/mol. The van der Waals surface area contributed by atoms with E-state index in [1.807, 2.05) is 0 Å². The van der Waals surface area contributed by atoms with Gasteiger partial charge in [0.05, 0.1) is 19.3 Å². The molecule has 0 aliphatic carbocycles. The first-order valence-corrected chi connectivity index (χ1v) is 5.66. The molecule has 1 heterocycles. The van der Waals surface area contributed by atoms with Crippen molar-refractivity contribution in [3.63, 3.8) is 0 Å². The third kappa shape index (κ3) is 2.98. The van der Waals surface area contributed by atoms with Crippen LogP contribution in [0.4, 0.5) is 0 Å². The number of carboxylic acids is 1. The Balaban J connectivity index is 2.64. The molecule has 1 fully saturated rings. The predicted octanol–water partition coefficient (Wildman–Crippen LogP) is -0.883. The topological polar surface area (TPSA) is 105 Å². The van der Waals surface area contributed by atoms with Gasteiger partial charge in [-0.05, 0) is 13.8 Å². The van der Waals surface area contributed by atoms with Crippen molar-refractivity contribution >= 4 is 17.8 Å². The van der Waals surface area contributed by atoms with Gasteiger partial charge in [-0.25, -0.2) is 0 Å². The van der Waals surface area contributed by atoms with Crippen LogP contribution in [0.3, 0.4) is 0 Å². The number of ether oxygens (including phenoxy) is 1. The lowest BCUT2D eigenvalue weighted by Crippen LogP contribution is -2.54. The van der Waals surface area contributed by atoms with Crippen LogP contribution in [0.2, 0.25) is 0 Å². The van der Waals surface area contributed by atoms with E-state index in [2.05, 4.69) is 10.6 Å². The van der Waals surface area contributed by atoms with E-state index in [1.165, 1.54) is 20.8 Å². The van der Waals surface area contributed by atoms with Crippen LogP contribution in [0.5, 0.6) is 0 Å². The van der Waals surface area contributed by atoms with Crippen LogP contribution in [0.25, 0.3) is 0 Å². The number of carboxylic acid groups (broad SMARTS) is 1. The molecule has 7 heteroatoms. The maximum absolute atomic E-state index is 11.8. The highest BCUT2D eigenvalue weighted by Crippen LogP contribution is 2.28. The Kier molecular flexibility index (Phi) is 4.28. The number of amides is 2. The fourth-order valence-electron chi connectivity index (χ4n) is 1.75. The summed E-state index contributed by atoms with van der Waals surface area (Å²) in [5, 5.41) is 14.2. The van der Waals surface area contributed by atoms with Crippen molar-refractivity contribution in [2.45, 2.75) is 32.9 Å². The number of hydrogen-bond donors (Lipinski definition) is 3. The summed E-state index contributed by atoms with van der Waals surface area (Å²) in [6, 6.07) is -1.31. The van der Waals surface area contributed by atoms with Gasteiger partial charge in [0.2, 0.25) is 11.8 Å². The lowest BCUT2D eigenvalue weighted by molar-refractivity contribution is -0.149. The second-order valence-electron chi connectivity index (χ2n) is 4.72. The first-order valence-electron chi connectivity index (χ1n) is 5.66. The summed E-state index contributed by atoms with van der Waals surface area (Å²) in [6.45, 7) is 4.58. The highest BCUT2D eigenvalue weighted by Gasteiger charge is 2.47. The van der Waals surface area contributed by atoms with Crippen molar-refractivity contribution in [3.05, 3.63) is 0 Å². The van der Waals surface area contributed by atoms with Crippen LogP contribution in [-0.2, 0) is 19.1 Å². The molecule has 1 aliphatic heterocycles. The van der Waals surface area contributed by atoms with Crippen LogP contribution in [-0.4, -0.2) is 48.2 Å². The van der Waals surface area contributed by atoms with Crippen molar-refractivity contribution in [1.82, 2.24) is 10.6 Å². The summed E-state index contributed by atoms with van der Waals surface area (Å²) in [7, 11) is 0. The first kappa shape index (κ1) is 14.4. The highest BCUT2D eigenvalue weighted by molar-refractivity contribution is 5.87. The van der Waals surface area contributed by atoms with E-state index in [0.29, 0.717) is 0 Å². The molecule has 1 saturated heterocycles. The Bertz CT molecular complexity index is 370. The molecule has 1 rings (SSSR count). The predicted molar refractivity (Wildman–Crippen MR) is 61.8 cm³/mol. The summed E-state index contributed by atoms with van der Waals surface area (Å²) >= 11 is 0. The zero-order valence-corrected chi connectivity index (χ0v) is 10.6. The van der Waals surface area contributed by atoms with E-state index in [9.17, 15) is 14.4 Å². The molecular weight excluding hydrogens is 240 g/mol. The molecule has 0 saturated carbocycles. The molecule has 3 atom stereocenters. The maximum Gasteiger partial charge on any atom is 0.313 e. The van der Waals surface area contributed by atoms with Crippen LogP contribution < -0.4 is 10.6 Å². The van der Waals surface area contributed by atoms with Gasteiger partial charge in [0.15, 0.2) is 0 Å². The van der Waals surface area contributed by atoms with Gasteiger partial charge in [-0.3, -0.25) is 14.4 Å². The Hall–Kier alpha value is -1.63. The van der Waals surface area contributed by atoms with Gasteiger partial charge in [-0.2, -0.15) is 0 Å². The quantitative estimate of drug-likeness (QED) is 0.607. The second-order valence-corrected chi connectivity index (χ2v) is 4.72. The molecule has 7 nitrogen and oxygen atoms in total. The van der Waals surface area contributed by atoms with E-state index in [-0.39, 0.29) is 19.1 Å². The molecule has 1 aliphatic rings. The van der Waals surface area contributed by atoms with Gasteiger partial charge < -0.3 is 20.5 Å². The van der Waals surface area contributed by atoms with Gasteiger partial charge in [0.25, 0.3) is 0 Å². The van der Waals surface area contributed by atoms with Crippen molar-refractivity contribution in [2.24, 2.45) is 5.41 Å². The standard InChI is InChI=1S/C11H18N2O5/c1-6(12-7(2)14)9(15)13-8-4-18-5-11(8,3)10(16)17/h6,8H,4-5H2,1-3H3,(H,12,14)(H,13,15)(H,16,17). The zero-order chi connectivity index (χ0) is 13.9. The van der Waals surface area contributed by atoms with Crippen LogP contribution in [0, 0.1) is 5.41 Å². The summed E-state index contributed by atoms with van der Waals surface area (Å²) in [6.07, 6.45) is 0. The van der Waals surface area contributed by atoms with Crippen LogP contribution in [0.1, 0.15) is 20.8 Å². The molecule has 0 bridgehead atoms. The molecule has 0 aromatic heterocycles. The molecule has 18 heavy (non-hydrogen) atoms. The average Bonchev–Trinajstić information content (AvgIpc) is 2.60. The van der Waals surface area contributed by atoms with Crippen LogP contribution >= 0.6 is 0 Å². The van der Waals surface area contributed by atoms with Gasteiger partial charge in [-0.1, -0.05) is 0 Å². The lowest BCUT2D eigenvalue weighted by atomic mass is 9.85. The van der Waals surface area contributed by atoms with E-state index in [0.717, 1.165) is 0 Å². The van der Waals surface area contributed by atoms with Crippen molar-refractivity contribution in [2.75, 3.05) is 13.2 Å². The molecule has 3 N–H and O–H groups in total. The Morgan fingerprint density at radius 2 is 2.06 bits per heavy atom. The minimum Gasteiger partial charge on any atom is -0.481 e. The summed E-state index contributed by atoms with van der Waals surface area (Å²) in [4.78, 5) is 33.8. The third-order valence-electron chi connectivity index (χ3n) is 3.07. The maximum atomic E-state index is 11.8. The van der Waals surface area contributed by atoms with Crippen molar-refractivity contribution in [3.8, 4) is 0 Å². The summed E-state index contributed by atoms with van der Waals surface area (Å²) < 4.78 is 5.11. The van der Waals surface area contributed by atoms with Crippen molar-refractivity contribution < 1.29 is 24.2 Å². The Morgan fingerprint density at radius 3 is 2.56 bits per heavy atom. The smallest absolute Gasteiger partial charge is 0.313 e. The van der Waals surface area contributed by atoms with E-state index in [1.54, 1.807) is 0 Å². The minimum atomic E-state index is -1.13. The van der Waals surface area contributed by atoms with Gasteiger partial charge in [0, 0.05) is 6.92 Å². The van der Waals surface area contributed by atoms with Gasteiger partial charge in [0.1, 0.15) is 11.5 Å². The van der Waals surface area contributed by atoms with Gasteiger partial charge >= 0.3 is 5.97 Å². The molecule has 3 unspecified atom stereocenters. The summed E-state index contributed by atoms with van der Waals surface area (Å²) in [5.74, 6) is -1.76. The number of aliphatic carboxylic acids is 1. The summed E-state index contributed by atoms with van der Waals surface area (Å²) in [5.41, 5.74) is -1.13. The zero-order valence-electron chi connectivity index (χ0n) is 10.6. The first-order chi connectivity index (χ1) is 8.27. The molecule has 2 amide bonds. The lowest BCUT2D eigenvalue weighted by Gasteiger charge is -2.26. The van der Waals surface area contributed by atoms with E-state index < -0.39 is 29.4 Å². The SMILES string of the molecule is CC(=O)NC(C)C(=O)NC1COCC1(C)C(=O)O. The molecule has 0 aromatic rings. The largest absolute Gasteiger partial charge is 0.481 e. The van der Waals surface area contributed by atoms with E-state index >= 15 is 0 Å². The normalized spacial score (nSPS) is 28.5. The number of carbonyl (C=O) groups excluding carboxylic acids is 2. The number of nitrogens with one attached hydrogen (secondary N) is 2. The molecule has 0 spiro atoms. The van der Waals surface area contributed by atoms with E-state index in [4.69, 9.17) is 9.84 Å². The molecular formula is C11H18N2O5. The fraction of sp³-hybridized carbons (Fsp3) is 0.727. The van der Waals surface area contributed by atoms with Gasteiger partial charge in [-0.15, -0.1) is 0 Å². The minimum absolute atomic E-state index is 0.0573. The molecule has 102 valence electrons. The Labute approximate surface area is 105 Å². The number of hydrogen-bond acceptors (Lipinski definition) is 4. The highest BCUT2D eigenvalue weighted by atomic mass is 16.5. The number of rotatable bonds is 4. The molecule has 0 radical (unpaired) electrons. The fourth-order valence-corrected chi connectivity index (χ4v) is 1.75. The average molecular weight is 258 g/mol. The molecule has 0 aromatic carbocycles. The third-order valence-corrected chi connectivity index (χ3v) is 3.07. The van der Waals surface area contributed by atoms with Crippen molar-refractivity contribution in [1.29, 1.82) is 0 Å². The Morgan fingerprint density at radius 1 is 1.44 bits per heavy atom. The van der Waals surface area contributed by atoms with Crippen LogP contribution in [0.15, 0.2) is 0 Å².